The highest BCUT2D eigenvalue weighted by Crippen LogP contribution is 2.37. The molecule has 178 valence electrons. The molecule has 1 aliphatic rings. The van der Waals surface area contributed by atoms with E-state index in [0.29, 0.717) is 19.3 Å². The van der Waals surface area contributed by atoms with Gasteiger partial charge in [0, 0.05) is 43.7 Å². The molecule has 2 aromatic heterocycles. The van der Waals surface area contributed by atoms with Gasteiger partial charge < -0.3 is 10.2 Å². The lowest BCUT2D eigenvalue weighted by molar-refractivity contribution is -0.138. The minimum Gasteiger partial charge on any atom is -0.378 e. The van der Waals surface area contributed by atoms with Crippen molar-refractivity contribution in [3.63, 3.8) is 0 Å². The van der Waals surface area contributed by atoms with Gasteiger partial charge >= 0.3 is 0 Å². The van der Waals surface area contributed by atoms with Crippen molar-refractivity contribution >= 4 is 34.7 Å². The third kappa shape index (κ3) is 4.03. The Kier molecular flexibility index (Phi) is 5.76. The summed E-state index contributed by atoms with van der Waals surface area (Å²) < 4.78 is 2.04. The Bertz CT molecular complexity index is 1390. The summed E-state index contributed by atoms with van der Waals surface area (Å²) in [6, 6.07) is 22.2. The molecule has 1 aliphatic heterocycles. The quantitative estimate of drug-likeness (QED) is 0.395. The molecule has 1 atom stereocenters. The zero-order valence-electron chi connectivity index (χ0n) is 20.2. The highest BCUT2D eigenvalue weighted by Gasteiger charge is 2.42. The van der Waals surface area contributed by atoms with E-state index in [4.69, 9.17) is 4.98 Å². The van der Waals surface area contributed by atoms with E-state index in [9.17, 15) is 9.59 Å². The predicted molar refractivity (Wildman–Crippen MR) is 139 cm³/mol. The summed E-state index contributed by atoms with van der Waals surface area (Å²) >= 11 is 0. The Balaban J connectivity index is 1.49. The summed E-state index contributed by atoms with van der Waals surface area (Å²) in [6.07, 6.45) is 3.52. The summed E-state index contributed by atoms with van der Waals surface area (Å²) in [5.41, 5.74) is 5.01. The van der Waals surface area contributed by atoms with E-state index in [1.807, 2.05) is 74.1 Å². The van der Waals surface area contributed by atoms with Crippen LogP contribution in [0.25, 0.3) is 16.9 Å². The molecule has 5 rings (SSSR count). The van der Waals surface area contributed by atoms with E-state index in [-0.39, 0.29) is 11.8 Å². The molecule has 3 heterocycles. The number of nitrogens with zero attached hydrogens (tertiary/aromatic N) is 3. The number of amides is 2. The summed E-state index contributed by atoms with van der Waals surface area (Å²) in [5, 5.41) is 6.06. The fourth-order valence-corrected chi connectivity index (χ4v) is 4.81. The molecule has 1 saturated heterocycles. The van der Waals surface area contributed by atoms with E-state index >= 15 is 0 Å². The number of piperidine rings is 1. The van der Waals surface area contributed by atoms with Gasteiger partial charge in [0.2, 0.25) is 11.8 Å². The van der Waals surface area contributed by atoms with E-state index in [1.54, 1.807) is 0 Å². The number of hydrogen-bond acceptors (Lipinski definition) is 5. The lowest BCUT2D eigenvalue weighted by Gasteiger charge is -2.35. The molecule has 7 nitrogen and oxygen atoms in total. The van der Waals surface area contributed by atoms with E-state index in [0.717, 1.165) is 39.7 Å². The first kappa shape index (κ1) is 22.7. The average Bonchev–Trinajstić information content (AvgIpc) is 3.23. The number of carbonyl (C=O) groups excluding carboxylic acids is 2. The van der Waals surface area contributed by atoms with Crippen molar-refractivity contribution in [2.24, 2.45) is 0 Å². The van der Waals surface area contributed by atoms with Crippen molar-refractivity contribution < 1.29 is 9.59 Å². The SMILES string of the molecule is CCC1(c2ccc(Nc3c(-c4ccc(N(C)C)cc4)nc4ccccn34)cc2)CCC(=O)NC1=O. The number of anilines is 3. The molecule has 4 aromatic rings. The zero-order valence-corrected chi connectivity index (χ0v) is 20.2. The van der Waals surface area contributed by atoms with Crippen molar-refractivity contribution in [2.75, 3.05) is 24.3 Å². The zero-order chi connectivity index (χ0) is 24.6. The Morgan fingerprint density at radius 2 is 1.77 bits per heavy atom. The van der Waals surface area contributed by atoms with Gasteiger partial charge in [-0.1, -0.05) is 37.3 Å². The van der Waals surface area contributed by atoms with Gasteiger partial charge in [0.15, 0.2) is 0 Å². The number of rotatable bonds is 6. The van der Waals surface area contributed by atoms with Crippen LogP contribution in [0.3, 0.4) is 0 Å². The summed E-state index contributed by atoms with van der Waals surface area (Å²) in [5.74, 6) is 0.468. The Labute approximate surface area is 204 Å². The van der Waals surface area contributed by atoms with Crippen molar-refractivity contribution in [2.45, 2.75) is 31.6 Å². The minimum atomic E-state index is -0.672. The number of aromatic nitrogens is 2. The number of imide groups is 1. The van der Waals surface area contributed by atoms with Crippen LogP contribution in [-0.4, -0.2) is 35.3 Å². The molecule has 0 radical (unpaired) electrons. The monoisotopic (exact) mass is 467 g/mol. The van der Waals surface area contributed by atoms with Gasteiger partial charge in [-0.15, -0.1) is 0 Å². The number of nitrogens with one attached hydrogen (secondary N) is 2. The standard InChI is InChI=1S/C28H29N5O2/c1-4-28(17-16-24(34)31-27(28)35)20-10-12-21(13-11-20)29-26-25(30-23-7-5-6-18-33(23)26)19-8-14-22(15-9-19)32(2)3/h5-15,18,29H,4,16-17H2,1-3H3,(H,31,34,35). The van der Waals surface area contributed by atoms with E-state index in [2.05, 4.69) is 39.8 Å². The number of imidazole rings is 1. The van der Waals surface area contributed by atoms with Gasteiger partial charge in [0.05, 0.1) is 5.41 Å². The molecule has 35 heavy (non-hydrogen) atoms. The molecule has 0 bridgehead atoms. The lowest BCUT2D eigenvalue weighted by atomic mass is 9.72. The third-order valence-corrected chi connectivity index (χ3v) is 6.96. The highest BCUT2D eigenvalue weighted by molar-refractivity contribution is 6.03. The molecule has 1 unspecified atom stereocenters. The first-order valence-corrected chi connectivity index (χ1v) is 11.9. The van der Waals surface area contributed by atoms with Gasteiger partial charge in [0.25, 0.3) is 0 Å². The fraction of sp³-hybridized carbons (Fsp3) is 0.250. The second-order valence-corrected chi connectivity index (χ2v) is 9.19. The van der Waals surface area contributed by atoms with Crippen molar-refractivity contribution in [1.82, 2.24) is 14.7 Å². The Morgan fingerprint density at radius 1 is 1.03 bits per heavy atom. The molecule has 0 aliphatic carbocycles. The van der Waals surface area contributed by atoms with Crippen LogP contribution in [0.5, 0.6) is 0 Å². The molecule has 0 spiro atoms. The molecule has 2 aromatic carbocycles. The van der Waals surface area contributed by atoms with Crippen molar-refractivity contribution in [3.8, 4) is 11.3 Å². The van der Waals surface area contributed by atoms with E-state index in [1.165, 1.54) is 0 Å². The minimum absolute atomic E-state index is 0.198. The molecular weight excluding hydrogens is 438 g/mol. The van der Waals surface area contributed by atoms with E-state index < -0.39 is 5.41 Å². The van der Waals surface area contributed by atoms with Crippen LogP contribution in [-0.2, 0) is 15.0 Å². The largest absolute Gasteiger partial charge is 0.378 e. The van der Waals surface area contributed by atoms with Crippen LogP contribution < -0.4 is 15.5 Å². The second kappa shape index (κ2) is 8.91. The molecule has 2 N–H and O–H groups in total. The molecule has 7 heteroatoms. The Morgan fingerprint density at radius 3 is 2.43 bits per heavy atom. The topological polar surface area (TPSA) is 78.7 Å². The number of hydrogen-bond donors (Lipinski definition) is 2. The number of benzene rings is 2. The molecule has 2 amide bonds. The van der Waals surface area contributed by atoms with Crippen molar-refractivity contribution in [1.29, 1.82) is 0 Å². The smallest absolute Gasteiger partial charge is 0.237 e. The van der Waals surface area contributed by atoms with Gasteiger partial charge in [-0.3, -0.25) is 19.3 Å². The third-order valence-electron chi connectivity index (χ3n) is 6.96. The van der Waals surface area contributed by atoms with Gasteiger partial charge in [-0.05, 0) is 54.8 Å². The predicted octanol–water partition coefficient (Wildman–Crippen LogP) is 4.90. The van der Waals surface area contributed by atoms with Crippen LogP contribution in [0.1, 0.15) is 31.7 Å². The highest BCUT2D eigenvalue weighted by atomic mass is 16.2. The molecule has 0 saturated carbocycles. The second-order valence-electron chi connectivity index (χ2n) is 9.19. The average molecular weight is 468 g/mol. The van der Waals surface area contributed by atoms with Crippen LogP contribution in [0.2, 0.25) is 0 Å². The number of pyridine rings is 1. The lowest BCUT2D eigenvalue weighted by Crippen LogP contribution is -2.51. The maximum atomic E-state index is 12.8. The van der Waals surface area contributed by atoms with Gasteiger partial charge in [-0.25, -0.2) is 4.98 Å². The molecular formula is C28H29N5O2. The molecule has 1 fully saturated rings. The summed E-state index contributed by atoms with van der Waals surface area (Å²) in [4.78, 5) is 31.4. The summed E-state index contributed by atoms with van der Waals surface area (Å²) in [6.45, 7) is 1.99. The number of carbonyl (C=O) groups is 2. The van der Waals surface area contributed by atoms with Crippen LogP contribution in [0.4, 0.5) is 17.2 Å². The van der Waals surface area contributed by atoms with Crippen molar-refractivity contribution in [3.05, 3.63) is 78.5 Å². The normalized spacial score (nSPS) is 17.9. The maximum absolute atomic E-state index is 12.8. The van der Waals surface area contributed by atoms with Crippen LogP contribution >= 0.6 is 0 Å². The van der Waals surface area contributed by atoms with Gasteiger partial charge in [-0.2, -0.15) is 0 Å². The number of fused-ring (bicyclic) bond motifs is 1. The Hall–Kier alpha value is -4.13. The first-order chi connectivity index (χ1) is 16.9. The maximum Gasteiger partial charge on any atom is 0.237 e. The van der Waals surface area contributed by atoms with Gasteiger partial charge in [0.1, 0.15) is 17.2 Å². The fourth-order valence-electron chi connectivity index (χ4n) is 4.81. The first-order valence-electron chi connectivity index (χ1n) is 11.9. The van der Waals surface area contributed by atoms with Crippen LogP contribution in [0, 0.1) is 0 Å². The van der Waals surface area contributed by atoms with Crippen LogP contribution in [0.15, 0.2) is 72.9 Å². The summed E-state index contributed by atoms with van der Waals surface area (Å²) in [7, 11) is 4.04.